The van der Waals surface area contributed by atoms with Crippen molar-refractivity contribution >= 4 is 11.9 Å². The van der Waals surface area contributed by atoms with Crippen LogP contribution in [0.15, 0.2) is 12.4 Å². The van der Waals surface area contributed by atoms with Crippen molar-refractivity contribution in [1.82, 2.24) is 14.9 Å². The number of likely N-dealkylation sites (tertiary alicyclic amines) is 1. The van der Waals surface area contributed by atoms with Crippen molar-refractivity contribution in [2.75, 3.05) is 18.4 Å². The van der Waals surface area contributed by atoms with E-state index in [9.17, 15) is 4.79 Å². The lowest BCUT2D eigenvalue weighted by atomic mass is 9.83. The van der Waals surface area contributed by atoms with Gasteiger partial charge in [0, 0.05) is 36.8 Å². The van der Waals surface area contributed by atoms with Gasteiger partial charge in [-0.15, -0.1) is 0 Å². The van der Waals surface area contributed by atoms with Gasteiger partial charge < -0.3 is 15.0 Å². The molecule has 1 amide bonds. The van der Waals surface area contributed by atoms with Crippen molar-refractivity contribution in [2.45, 2.75) is 70.4 Å². The molecule has 1 N–H and O–H groups in total. The molecule has 0 radical (unpaired) electrons. The quantitative estimate of drug-likeness (QED) is 0.917. The predicted octanol–water partition coefficient (Wildman–Crippen LogP) is 3.56. The third-order valence-corrected chi connectivity index (χ3v) is 4.71. The van der Waals surface area contributed by atoms with Crippen LogP contribution in [0.1, 0.15) is 64.5 Å². The number of nitrogens with one attached hydrogen (secondary N) is 1. The van der Waals surface area contributed by atoms with Gasteiger partial charge in [0.25, 0.3) is 0 Å². The molecule has 0 spiro atoms. The highest BCUT2D eigenvalue weighted by atomic mass is 16.6. The first-order valence-electron chi connectivity index (χ1n) is 8.97. The van der Waals surface area contributed by atoms with Crippen LogP contribution in [0.5, 0.6) is 0 Å². The number of ether oxygens (including phenoxy) is 1. The van der Waals surface area contributed by atoms with Crippen LogP contribution in [-0.4, -0.2) is 45.7 Å². The number of piperidine rings is 1. The molecule has 6 nitrogen and oxygen atoms in total. The molecule has 0 atom stereocenters. The Hall–Kier alpha value is -1.85. The minimum atomic E-state index is -0.439. The fraction of sp³-hybridized carbons (Fsp3) is 0.722. The summed E-state index contributed by atoms with van der Waals surface area (Å²) in [6.07, 6.45) is 7.04. The van der Waals surface area contributed by atoms with E-state index < -0.39 is 5.60 Å². The second-order valence-corrected chi connectivity index (χ2v) is 7.84. The normalized spacial score (nSPS) is 19.7. The number of rotatable bonds is 3. The van der Waals surface area contributed by atoms with Crippen LogP contribution in [-0.2, 0) is 4.74 Å². The number of nitrogens with zero attached hydrogens (tertiary/aromatic N) is 3. The number of hydrogen-bond acceptors (Lipinski definition) is 5. The molecule has 1 saturated carbocycles. The molecule has 0 unspecified atom stereocenters. The maximum atomic E-state index is 12.1. The average Bonchev–Trinajstić information content (AvgIpc) is 2.45. The maximum absolute atomic E-state index is 12.1. The van der Waals surface area contributed by atoms with Gasteiger partial charge in [0.15, 0.2) is 0 Å². The Morgan fingerprint density at radius 3 is 2.50 bits per heavy atom. The van der Waals surface area contributed by atoms with E-state index in [0.717, 1.165) is 24.4 Å². The smallest absolute Gasteiger partial charge is 0.410 e. The number of hydrogen-bond donors (Lipinski definition) is 1. The van der Waals surface area contributed by atoms with Crippen molar-refractivity contribution in [3.05, 3.63) is 18.1 Å². The molecule has 1 saturated heterocycles. The first kappa shape index (κ1) is 17.0. The van der Waals surface area contributed by atoms with Crippen molar-refractivity contribution in [3.63, 3.8) is 0 Å². The first-order chi connectivity index (χ1) is 11.4. The summed E-state index contributed by atoms with van der Waals surface area (Å²) in [5, 5.41) is 3.50. The van der Waals surface area contributed by atoms with Gasteiger partial charge in [-0.2, -0.15) is 0 Å². The Labute approximate surface area is 144 Å². The lowest BCUT2D eigenvalue weighted by molar-refractivity contribution is 0.0210. The Morgan fingerprint density at radius 1 is 1.21 bits per heavy atom. The zero-order chi connectivity index (χ0) is 17.2. The van der Waals surface area contributed by atoms with Crippen LogP contribution in [0.25, 0.3) is 0 Å². The van der Waals surface area contributed by atoms with Gasteiger partial charge >= 0.3 is 6.09 Å². The monoisotopic (exact) mass is 332 g/mol. The lowest BCUT2D eigenvalue weighted by Gasteiger charge is -2.34. The molecule has 1 aromatic heterocycles. The van der Waals surface area contributed by atoms with Gasteiger partial charge in [-0.1, -0.05) is 6.42 Å². The predicted molar refractivity (Wildman–Crippen MR) is 93.1 cm³/mol. The summed E-state index contributed by atoms with van der Waals surface area (Å²) < 4.78 is 5.44. The van der Waals surface area contributed by atoms with E-state index in [-0.39, 0.29) is 6.09 Å². The van der Waals surface area contributed by atoms with Gasteiger partial charge in [0.05, 0.1) is 0 Å². The summed E-state index contributed by atoms with van der Waals surface area (Å²) in [5.41, 5.74) is 0.718. The van der Waals surface area contributed by atoms with E-state index in [0.29, 0.717) is 25.0 Å². The van der Waals surface area contributed by atoms with E-state index in [1.54, 1.807) is 11.2 Å². The first-order valence-corrected chi connectivity index (χ1v) is 8.97. The second kappa shape index (κ2) is 6.95. The summed E-state index contributed by atoms with van der Waals surface area (Å²) in [6.45, 7) is 7.12. The number of amides is 1. The molecule has 1 aliphatic carbocycles. The van der Waals surface area contributed by atoms with Crippen molar-refractivity contribution in [2.24, 2.45) is 0 Å². The molecule has 0 aromatic carbocycles. The van der Waals surface area contributed by atoms with Crippen LogP contribution in [0.4, 0.5) is 10.6 Å². The molecule has 132 valence electrons. The summed E-state index contributed by atoms with van der Waals surface area (Å²) in [6, 6.07) is 2.43. The lowest BCUT2D eigenvalue weighted by Crippen LogP contribution is -2.44. The topological polar surface area (TPSA) is 67.3 Å². The van der Waals surface area contributed by atoms with E-state index >= 15 is 0 Å². The summed E-state index contributed by atoms with van der Waals surface area (Å²) in [7, 11) is 0. The van der Waals surface area contributed by atoms with E-state index in [2.05, 4.69) is 21.4 Å². The summed E-state index contributed by atoms with van der Waals surface area (Å²) in [4.78, 5) is 22.6. The highest BCUT2D eigenvalue weighted by Crippen LogP contribution is 2.35. The Balaban J connectivity index is 1.49. The summed E-state index contributed by atoms with van der Waals surface area (Å²) >= 11 is 0. The molecule has 1 aliphatic heterocycles. The SMILES string of the molecule is CC(C)(C)OC(=O)N1CCC(Nc2cc(C3CCC3)ncn2)CC1. The minimum Gasteiger partial charge on any atom is -0.444 e. The van der Waals surface area contributed by atoms with Crippen molar-refractivity contribution < 1.29 is 9.53 Å². The van der Waals surface area contributed by atoms with E-state index in [1.807, 2.05) is 20.8 Å². The fourth-order valence-electron chi connectivity index (χ4n) is 3.12. The summed E-state index contributed by atoms with van der Waals surface area (Å²) in [5.74, 6) is 1.52. The molecule has 2 fully saturated rings. The van der Waals surface area contributed by atoms with Gasteiger partial charge in [-0.05, 0) is 46.5 Å². The Morgan fingerprint density at radius 2 is 1.92 bits per heavy atom. The van der Waals surface area contributed by atoms with Crippen LogP contribution >= 0.6 is 0 Å². The molecular formula is C18H28N4O2. The van der Waals surface area contributed by atoms with Gasteiger partial charge in [0.1, 0.15) is 17.7 Å². The van der Waals surface area contributed by atoms with Gasteiger partial charge in [-0.25, -0.2) is 14.8 Å². The molecular weight excluding hydrogens is 304 g/mol. The number of carbonyl (C=O) groups excluding carboxylic acids is 1. The average molecular weight is 332 g/mol. The van der Waals surface area contributed by atoms with Crippen LogP contribution in [0, 0.1) is 0 Å². The molecule has 0 bridgehead atoms. The molecule has 1 aromatic rings. The highest BCUT2D eigenvalue weighted by molar-refractivity contribution is 5.68. The number of aromatic nitrogens is 2. The Kier molecular flexibility index (Phi) is 4.92. The minimum absolute atomic E-state index is 0.213. The second-order valence-electron chi connectivity index (χ2n) is 7.84. The van der Waals surface area contributed by atoms with Crippen molar-refractivity contribution in [3.8, 4) is 0 Å². The number of carbonyl (C=O) groups is 1. The van der Waals surface area contributed by atoms with E-state index in [4.69, 9.17) is 4.74 Å². The zero-order valence-corrected chi connectivity index (χ0v) is 14.9. The maximum Gasteiger partial charge on any atom is 0.410 e. The van der Waals surface area contributed by atoms with Gasteiger partial charge in [0.2, 0.25) is 0 Å². The zero-order valence-electron chi connectivity index (χ0n) is 14.9. The van der Waals surface area contributed by atoms with Crippen LogP contribution in [0.2, 0.25) is 0 Å². The molecule has 24 heavy (non-hydrogen) atoms. The van der Waals surface area contributed by atoms with Crippen molar-refractivity contribution in [1.29, 1.82) is 0 Å². The standard InChI is InChI=1S/C18H28N4O2/c1-18(2,3)24-17(23)22-9-7-14(8-10-22)21-16-11-15(19-12-20-16)13-5-4-6-13/h11-14H,4-10H2,1-3H3,(H,19,20,21). The van der Waals surface area contributed by atoms with Crippen LogP contribution in [0.3, 0.4) is 0 Å². The van der Waals surface area contributed by atoms with Crippen LogP contribution < -0.4 is 5.32 Å². The Bertz CT molecular complexity index is 573. The highest BCUT2D eigenvalue weighted by Gasteiger charge is 2.27. The third-order valence-electron chi connectivity index (χ3n) is 4.71. The molecule has 2 heterocycles. The molecule has 6 heteroatoms. The number of anilines is 1. The van der Waals surface area contributed by atoms with E-state index in [1.165, 1.54) is 19.3 Å². The van der Waals surface area contributed by atoms with Gasteiger partial charge in [-0.3, -0.25) is 0 Å². The fourth-order valence-corrected chi connectivity index (χ4v) is 3.12. The largest absolute Gasteiger partial charge is 0.444 e. The third kappa shape index (κ3) is 4.36. The molecule has 2 aliphatic rings. The molecule has 3 rings (SSSR count).